The van der Waals surface area contributed by atoms with Gasteiger partial charge in [0, 0.05) is 12.0 Å². The summed E-state index contributed by atoms with van der Waals surface area (Å²) in [5.41, 5.74) is 3.07. The Balaban J connectivity index is 3.55. The molecule has 1 amide bonds. The standard InChI is InChI=1S/C17H26N2O3/c1-16(2,3)12-9-11(7-6-8-20)10-13(14(12)21)17(4,5)15(22)19-18/h8-10,21H,6-7,18H2,1-5H3,(H,19,22). The predicted octanol–water partition coefficient (Wildman–Crippen LogP) is 2.09. The van der Waals surface area contributed by atoms with Crippen LogP contribution in [0.2, 0.25) is 0 Å². The quantitative estimate of drug-likeness (QED) is 0.336. The van der Waals surface area contributed by atoms with E-state index in [1.807, 2.05) is 26.8 Å². The second-order valence-electron chi connectivity index (χ2n) is 7.09. The number of aldehydes is 1. The van der Waals surface area contributed by atoms with E-state index in [1.165, 1.54) is 0 Å². The van der Waals surface area contributed by atoms with Crippen LogP contribution in [0.5, 0.6) is 5.75 Å². The number of nitrogens with two attached hydrogens (primary N) is 1. The van der Waals surface area contributed by atoms with E-state index in [9.17, 15) is 14.7 Å². The lowest BCUT2D eigenvalue weighted by Gasteiger charge is -2.29. The van der Waals surface area contributed by atoms with Crippen LogP contribution in [-0.4, -0.2) is 17.3 Å². The fourth-order valence-electron chi connectivity index (χ4n) is 2.42. The van der Waals surface area contributed by atoms with Crippen LogP contribution in [0.15, 0.2) is 12.1 Å². The first-order valence-corrected chi connectivity index (χ1v) is 7.37. The van der Waals surface area contributed by atoms with E-state index in [0.29, 0.717) is 18.4 Å². The lowest BCUT2D eigenvalue weighted by molar-refractivity contribution is -0.125. The summed E-state index contributed by atoms with van der Waals surface area (Å²) in [5.74, 6) is 4.99. The number of hydrazine groups is 1. The van der Waals surface area contributed by atoms with E-state index in [4.69, 9.17) is 5.84 Å². The monoisotopic (exact) mass is 306 g/mol. The minimum Gasteiger partial charge on any atom is -0.507 e. The average Bonchev–Trinajstić information content (AvgIpc) is 2.43. The minimum absolute atomic E-state index is 0.107. The summed E-state index contributed by atoms with van der Waals surface area (Å²) in [4.78, 5) is 22.7. The van der Waals surface area contributed by atoms with Crippen molar-refractivity contribution in [1.29, 1.82) is 0 Å². The number of rotatable bonds is 5. The Kier molecular flexibility index (Phi) is 5.35. The largest absolute Gasteiger partial charge is 0.507 e. The molecule has 0 aliphatic rings. The number of phenols is 1. The molecule has 5 heteroatoms. The molecular weight excluding hydrogens is 280 g/mol. The maximum Gasteiger partial charge on any atom is 0.244 e. The van der Waals surface area contributed by atoms with Crippen molar-refractivity contribution in [2.75, 3.05) is 0 Å². The fourth-order valence-corrected chi connectivity index (χ4v) is 2.42. The summed E-state index contributed by atoms with van der Waals surface area (Å²) >= 11 is 0. The number of hydrogen-bond acceptors (Lipinski definition) is 4. The van der Waals surface area contributed by atoms with Gasteiger partial charge in [0.2, 0.25) is 5.91 Å². The molecule has 0 saturated carbocycles. The molecule has 22 heavy (non-hydrogen) atoms. The van der Waals surface area contributed by atoms with Crippen LogP contribution >= 0.6 is 0 Å². The zero-order valence-electron chi connectivity index (χ0n) is 14.0. The molecule has 122 valence electrons. The smallest absolute Gasteiger partial charge is 0.244 e. The Hall–Kier alpha value is -1.88. The van der Waals surface area contributed by atoms with Gasteiger partial charge >= 0.3 is 0 Å². The summed E-state index contributed by atoms with van der Waals surface area (Å²) in [6, 6.07) is 3.68. The van der Waals surface area contributed by atoms with E-state index in [-0.39, 0.29) is 17.1 Å². The van der Waals surface area contributed by atoms with Gasteiger partial charge in [0.1, 0.15) is 12.0 Å². The maximum absolute atomic E-state index is 12.1. The number of phenolic OH excluding ortho intramolecular Hbond substituents is 1. The van der Waals surface area contributed by atoms with Gasteiger partial charge in [-0.25, -0.2) is 5.84 Å². The summed E-state index contributed by atoms with van der Waals surface area (Å²) in [5, 5.41) is 10.7. The molecule has 1 aromatic carbocycles. The predicted molar refractivity (Wildman–Crippen MR) is 86.5 cm³/mol. The van der Waals surface area contributed by atoms with Gasteiger partial charge in [-0.1, -0.05) is 32.9 Å². The number of benzene rings is 1. The van der Waals surface area contributed by atoms with Gasteiger partial charge in [-0.2, -0.15) is 0 Å². The highest BCUT2D eigenvalue weighted by atomic mass is 16.3. The Morgan fingerprint density at radius 1 is 1.23 bits per heavy atom. The van der Waals surface area contributed by atoms with Crippen molar-refractivity contribution in [3.05, 3.63) is 28.8 Å². The Labute approximate surface area is 131 Å². The number of hydrogen-bond donors (Lipinski definition) is 3. The second-order valence-corrected chi connectivity index (χ2v) is 7.09. The van der Waals surface area contributed by atoms with Crippen molar-refractivity contribution in [2.45, 2.75) is 58.3 Å². The van der Waals surface area contributed by atoms with E-state index >= 15 is 0 Å². The van der Waals surface area contributed by atoms with Crippen LogP contribution in [0.25, 0.3) is 0 Å². The first-order valence-electron chi connectivity index (χ1n) is 7.37. The number of aryl methyl sites for hydroxylation is 1. The molecule has 1 rings (SSSR count). The van der Waals surface area contributed by atoms with Crippen LogP contribution in [-0.2, 0) is 26.8 Å². The van der Waals surface area contributed by atoms with Crippen LogP contribution < -0.4 is 11.3 Å². The number of nitrogens with one attached hydrogen (secondary N) is 1. The zero-order valence-corrected chi connectivity index (χ0v) is 14.0. The van der Waals surface area contributed by atoms with Gasteiger partial charge in [0.25, 0.3) is 0 Å². The Bertz CT molecular complexity index is 572. The minimum atomic E-state index is -0.976. The van der Waals surface area contributed by atoms with Crippen molar-refractivity contribution in [2.24, 2.45) is 5.84 Å². The van der Waals surface area contributed by atoms with Gasteiger partial charge < -0.3 is 9.90 Å². The maximum atomic E-state index is 12.1. The van der Waals surface area contributed by atoms with Gasteiger partial charge in [0.05, 0.1) is 5.41 Å². The molecule has 0 atom stereocenters. The summed E-state index contributed by atoms with van der Waals surface area (Å²) in [7, 11) is 0. The topological polar surface area (TPSA) is 92.4 Å². The van der Waals surface area contributed by atoms with Crippen molar-refractivity contribution in [3.8, 4) is 5.75 Å². The molecule has 0 aliphatic carbocycles. The molecule has 0 unspecified atom stereocenters. The van der Waals surface area contributed by atoms with Crippen molar-refractivity contribution < 1.29 is 14.7 Å². The zero-order chi connectivity index (χ0) is 17.1. The molecule has 0 aromatic heterocycles. The van der Waals surface area contributed by atoms with Gasteiger partial charge in [-0.15, -0.1) is 0 Å². The number of carbonyl (C=O) groups excluding carboxylic acids is 2. The summed E-state index contributed by atoms with van der Waals surface area (Å²) in [6.07, 6.45) is 1.83. The summed E-state index contributed by atoms with van der Waals surface area (Å²) in [6.45, 7) is 9.39. The molecule has 0 fully saturated rings. The summed E-state index contributed by atoms with van der Waals surface area (Å²) < 4.78 is 0. The highest BCUT2D eigenvalue weighted by Crippen LogP contribution is 2.40. The highest BCUT2D eigenvalue weighted by Gasteiger charge is 2.34. The van der Waals surface area contributed by atoms with Crippen molar-refractivity contribution >= 4 is 12.2 Å². The third-order valence-electron chi connectivity index (χ3n) is 3.90. The Morgan fingerprint density at radius 3 is 2.23 bits per heavy atom. The second kappa shape index (κ2) is 6.48. The Morgan fingerprint density at radius 2 is 1.77 bits per heavy atom. The molecule has 0 spiro atoms. The molecule has 4 N–H and O–H groups in total. The van der Waals surface area contributed by atoms with Crippen LogP contribution in [0.1, 0.15) is 57.7 Å². The van der Waals surface area contributed by atoms with Crippen molar-refractivity contribution in [1.82, 2.24) is 5.43 Å². The van der Waals surface area contributed by atoms with Crippen molar-refractivity contribution in [3.63, 3.8) is 0 Å². The molecule has 0 radical (unpaired) electrons. The number of aromatic hydroxyl groups is 1. The SMILES string of the molecule is CC(C)(C)c1cc(CCC=O)cc(C(C)(C)C(=O)NN)c1O. The third-order valence-corrected chi connectivity index (χ3v) is 3.90. The first-order chi connectivity index (χ1) is 10.1. The number of carbonyl (C=O) groups is 2. The van der Waals surface area contributed by atoms with E-state index in [1.54, 1.807) is 19.9 Å². The molecule has 5 nitrogen and oxygen atoms in total. The highest BCUT2D eigenvalue weighted by molar-refractivity contribution is 5.88. The van der Waals surface area contributed by atoms with E-state index in [2.05, 4.69) is 5.43 Å². The molecule has 0 bridgehead atoms. The van der Waals surface area contributed by atoms with Gasteiger partial charge in [-0.05, 0) is 36.8 Å². The molecule has 0 saturated heterocycles. The average molecular weight is 306 g/mol. The number of amides is 1. The molecular formula is C17H26N2O3. The third kappa shape index (κ3) is 3.65. The molecule has 0 heterocycles. The van der Waals surface area contributed by atoms with E-state index in [0.717, 1.165) is 17.4 Å². The molecule has 1 aromatic rings. The molecule has 0 aliphatic heterocycles. The van der Waals surface area contributed by atoms with Crippen LogP contribution in [0.3, 0.4) is 0 Å². The van der Waals surface area contributed by atoms with Gasteiger partial charge in [-0.3, -0.25) is 10.2 Å². The first kappa shape index (κ1) is 18.2. The van der Waals surface area contributed by atoms with Crippen LogP contribution in [0, 0.1) is 0 Å². The lowest BCUT2D eigenvalue weighted by Crippen LogP contribution is -2.43. The van der Waals surface area contributed by atoms with E-state index < -0.39 is 5.41 Å². The fraction of sp³-hybridized carbons (Fsp3) is 0.529. The normalized spacial score (nSPS) is 12.1. The van der Waals surface area contributed by atoms with Crippen LogP contribution in [0.4, 0.5) is 0 Å². The lowest BCUT2D eigenvalue weighted by atomic mass is 9.76. The van der Waals surface area contributed by atoms with Gasteiger partial charge in [0.15, 0.2) is 0 Å².